The van der Waals surface area contributed by atoms with E-state index in [4.69, 9.17) is 5.73 Å². The second-order valence-corrected chi connectivity index (χ2v) is 6.23. The molecule has 132 valence electrons. The van der Waals surface area contributed by atoms with Gasteiger partial charge in [-0.2, -0.15) is 0 Å². The van der Waals surface area contributed by atoms with Crippen LogP contribution in [0.2, 0.25) is 0 Å². The summed E-state index contributed by atoms with van der Waals surface area (Å²) in [6, 6.07) is 10.7. The monoisotopic (exact) mass is 340 g/mol. The van der Waals surface area contributed by atoms with Gasteiger partial charge in [-0.15, -0.1) is 0 Å². The summed E-state index contributed by atoms with van der Waals surface area (Å²) in [5, 5.41) is 5.63. The molecule has 0 bridgehead atoms. The van der Waals surface area contributed by atoms with E-state index in [1.807, 2.05) is 45.0 Å². The molecule has 0 aliphatic carbocycles. The van der Waals surface area contributed by atoms with E-state index in [0.29, 0.717) is 17.8 Å². The Hall–Kier alpha value is -3.02. The number of aryl methyl sites for hydroxylation is 2. The van der Waals surface area contributed by atoms with Gasteiger partial charge in [0.25, 0.3) is 0 Å². The van der Waals surface area contributed by atoms with Crippen molar-refractivity contribution in [2.24, 2.45) is 5.73 Å². The Morgan fingerprint density at radius 3 is 2.40 bits per heavy atom. The van der Waals surface area contributed by atoms with Crippen LogP contribution >= 0.6 is 0 Å². The maximum Gasteiger partial charge on any atom is 0.319 e. The molecule has 0 saturated heterocycles. The fourth-order valence-corrected chi connectivity index (χ4v) is 2.57. The van der Waals surface area contributed by atoms with Gasteiger partial charge in [0.2, 0.25) is 5.91 Å². The van der Waals surface area contributed by atoms with Crippen molar-refractivity contribution < 1.29 is 9.59 Å². The molecule has 0 aromatic heterocycles. The molecule has 2 rings (SSSR count). The van der Waals surface area contributed by atoms with Gasteiger partial charge >= 0.3 is 6.03 Å². The van der Waals surface area contributed by atoms with E-state index < -0.39 is 5.91 Å². The maximum atomic E-state index is 12.3. The van der Waals surface area contributed by atoms with Crippen LogP contribution in [0.1, 0.15) is 27.0 Å². The number of carbonyl (C=O) groups excluding carboxylic acids is 2. The predicted molar refractivity (Wildman–Crippen MR) is 101 cm³/mol. The highest BCUT2D eigenvalue weighted by atomic mass is 16.2. The maximum absolute atomic E-state index is 12.3. The number of nitrogens with zero attached hydrogens (tertiary/aromatic N) is 1. The fourth-order valence-electron chi connectivity index (χ4n) is 2.57. The summed E-state index contributed by atoms with van der Waals surface area (Å²) in [6.45, 7) is 4.47. The SMILES string of the molecule is Cc1ccc(CNC(=O)Nc2cc(C(N)=O)ccc2N(C)C)c(C)c1. The molecule has 0 fully saturated rings. The molecule has 2 aromatic carbocycles. The minimum absolute atomic E-state index is 0.343. The van der Waals surface area contributed by atoms with Gasteiger partial charge in [0.15, 0.2) is 0 Å². The van der Waals surface area contributed by atoms with Crippen molar-refractivity contribution in [1.29, 1.82) is 0 Å². The molecule has 0 aliphatic heterocycles. The predicted octanol–water partition coefficient (Wildman–Crippen LogP) is 2.79. The number of nitrogens with one attached hydrogen (secondary N) is 2. The van der Waals surface area contributed by atoms with Crippen molar-refractivity contribution in [3.05, 3.63) is 58.7 Å². The normalized spacial score (nSPS) is 10.2. The molecule has 0 atom stereocenters. The Balaban J connectivity index is 2.11. The molecule has 2 aromatic rings. The van der Waals surface area contributed by atoms with Crippen molar-refractivity contribution in [3.63, 3.8) is 0 Å². The molecule has 6 heteroatoms. The Kier molecular flexibility index (Phi) is 5.64. The minimum Gasteiger partial charge on any atom is -0.376 e. The van der Waals surface area contributed by atoms with Crippen LogP contribution in [-0.2, 0) is 6.54 Å². The van der Waals surface area contributed by atoms with Crippen molar-refractivity contribution in [1.82, 2.24) is 5.32 Å². The van der Waals surface area contributed by atoms with Crippen molar-refractivity contribution >= 4 is 23.3 Å². The number of urea groups is 1. The van der Waals surface area contributed by atoms with Gasteiger partial charge in [-0.25, -0.2) is 4.79 Å². The van der Waals surface area contributed by atoms with Crippen molar-refractivity contribution in [2.75, 3.05) is 24.3 Å². The average molecular weight is 340 g/mol. The van der Waals surface area contributed by atoms with Gasteiger partial charge < -0.3 is 21.3 Å². The fraction of sp³-hybridized carbons (Fsp3) is 0.263. The van der Waals surface area contributed by atoms with E-state index in [1.54, 1.807) is 18.2 Å². The Morgan fingerprint density at radius 2 is 1.80 bits per heavy atom. The summed E-state index contributed by atoms with van der Waals surface area (Å²) in [6.07, 6.45) is 0. The first kappa shape index (κ1) is 18.3. The molecule has 25 heavy (non-hydrogen) atoms. The highest BCUT2D eigenvalue weighted by Gasteiger charge is 2.12. The highest BCUT2D eigenvalue weighted by Crippen LogP contribution is 2.25. The summed E-state index contributed by atoms with van der Waals surface area (Å²) in [4.78, 5) is 25.5. The quantitative estimate of drug-likeness (QED) is 0.782. The Morgan fingerprint density at radius 1 is 1.08 bits per heavy atom. The van der Waals surface area contributed by atoms with Gasteiger partial charge in [0, 0.05) is 26.2 Å². The van der Waals surface area contributed by atoms with Crippen LogP contribution in [0.3, 0.4) is 0 Å². The second kappa shape index (κ2) is 7.70. The topological polar surface area (TPSA) is 87.5 Å². The molecular weight excluding hydrogens is 316 g/mol. The van der Waals surface area contributed by atoms with Crippen LogP contribution in [0.5, 0.6) is 0 Å². The number of anilines is 2. The summed E-state index contributed by atoms with van der Waals surface area (Å²) in [5.41, 5.74) is 10.3. The molecule has 6 nitrogen and oxygen atoms in total. The first-order valence-corrected chi connectivity index (χ1v) is 8.00. The molecule has 0 saturated carbocycles. The number of rotatable bonds is 5. The number of primary amides is 1. The van der Waals surface area contributed by atoms with Crippen LogP contribution in [0, 0.1) is 13.8 Å². The van der Waals surface area contributed by atoms with Crippen LogP contribution in [0.4, 0.5) is 16.2 Å². The largest absolute Gasteiger partial charge is 0.376 e. The molecule has 0 aliphatic rings. The number of benzene rings is 2. The van der Waals surface area contributed by atoms with E-state index in [2.05, 4.69) is 16.7 Å². The third-order valence-electron chi connectivity index (χ3n) is 3.95. The summed E-state index contributed by atoms with van der Waals surface area (Å²) in [5.74, 6) is -0.538. The lowest BCUT2D eigenvalue weighted by Gasteiger charge is -2.19. The molecule has 4 N–H and O–H groups in total. The highest BCUT2D eigenvalue weighted by molar-refractivity contribution is 5.98. The zero-order valence-electron chi connectivity index (χ0n) is 15.0. The second-order valence-electron chi connectivity index (χ2n) is 6.23. The van der Waals surface area contributed by atoms with E-state index in [1.165, 1.54) is 5.56 Å². The smallest absolute Gasteiger partial charge is 0.319 e. The van der Waals surface area contributed by atoms with Gasteiger partial charge in [-0.3, -0.25) is 4.79 Å². The zero-order valence-corrected chi connectivity index (χ0v) is 15.0. The van der Waals surface area contributed by atoms with E-state index in [-0.39, 0.29) is 6.03 Å². The minimum atomic E-state index is -0.538. The molecular formula is C19H24N4O2. The standard InChI is InChI=1S/C19H24N4O2/c1-12-5-6-15(13(2)9-12)11-21-19(25)22-16-10-14(18(20)24)7-8-17(16)23(3)4/h5-10H,11H2,1-4H3,(H2,20,24)(H2,21,22,25). The Bertz CT molecular complexity index is 800. The van der Waals surface area contributed by atoms with Crippen LogP contribution < -0.4 is 21.3 Å². The molecule has 0 radical (unpaired) electrons. The van der Waals surface area contributed by atoms with Gasteiger partial charge in [0.05, 0.1) is 11.4 Å². The van der Waals surface area contributed by atoms with Crippen LogP contribution in [0.15, 0.2) is 36.4 Å². The number of amides is 3. The average Bonchev–Trinajstić information content (AvgIpc) is 2.53. The third-order valence-corrected chi connectivity index (χ3v) is 3.95. The first-order valence-electron chi connectivity index (χ1n) is 8.00. The molecule has 0 unspecified atom stereocenters. The van der Waals surface area contributed by atoms with Crippen molar-refractivity contribution in [3.8, 4) is 0 Å². The number of carbonyl (C=O) groups is 2. The van der Waals surface area contributed by atoms with E-state index in [9.17, 15) is 9.59 Å². The summed E-state index contributed by atoms with van der Waals surface area (Å²) in [7, 11) is 3.72. The summed E-state index contributed by atoms with van der Waals surface area (Å²) < 4.78 is 0. The van der Waals surface area contributed by atoms with Gasteiger partial charge in [-0.05, 0) is 43.2 Å². The number of hydrogen-bond acceptors (Lipinski definition) is 3. The van der Waals surface area contributed by atoms with Crippen molar-refractivity contribution in [2.45, 2.75) is 20.4 Å². The zero-order chi connectivity index (χ0) is 18.6. The van der Waals surface area contributed by atoms with Gasteiger partial charge in [0.1, 0.15) is 0 Å². The lowest BCUT2D eigenvalue weighted by molar-refractivity contribution is 0.100. The molecule has 0 spiro atoms. The molecule has 0 heterocycles. The van der Waals surface area contributed by atoms with E-state index in [0.717, 1.165) is 16.8 Å². The van der Waals surface area contributed by atoms with E-state index >= 15 is 0 Å². The van der Waals surface area contributed by atoms with Crippen LogP contribution in [-0.4, -0.2) is 26.0 Å². The molecule has 3 amide bonds. The lowest BCUT2D eigenvalue weighted by Crippen LogP contribution is -2.29. The Labute approximate surface area is 148 Å². The lowest BCUT2D eigenvalue weighted by atomic mass is 10.1. The third kappa shape index (κ3) is 4.73. The number of nitrogens with two attached hydrogens (primary N) is 1. The number of hydrogen-bond donors (Lipinski definition) is 3. The van der Waals surface area contributed by atoms with Crippen LogP contribution in [0.25, 0.3) is 0 Å². The summed E-state index contributed by atoms with van der Waals surface area (Å²) >= 11 is 0. The first-order chi connectivity index (χ1) is 11.8. The van der Waals surface area contributed by atoms with Gasteiger partial charge in [-0.1, -0.05) is 23.8 Å².